The second-order valence-electron chi connectivity index (χ2n) is 10.0. The van der Waals surface area contributed by atoms with E-state index in [1.165, 1.54) is 25.3 Å². The Bertz CT molecular complexity index is 1280. The summed E-state index contributed by atoms with van der Waals surface area (Å²) >= 11 is 5.73. The minimum atomic E-state index is -4.51. The number of hydrogen-bond donors (Lipinski definition) is 1. The molecular weight excluding hydrogens is 609 g/mol. The number of nitrogens with zero attached hydrogens (tertiary/aromatic N) is 4. The fourth-order valence-electron chi connectivity index (χ4n) is 4.87. The monoisotopic (exact) mass is 646 g/mol. The first-order valence-electron chi connectivity index (χ1n) is 13.6. The van der Waals surface area contributed by atoms with Crippen LogP contribution in [-0.2, 0) is 15.8 Å². The van der Waals surface area contributed by atoms with Crippen molar-refractivity contribution in [1.82, 2.24) is 9.80 Å². The number of likely N-dealkylation sites (tertiary alicyclic amines) is 1. The van der Waals surface area contributed by atoms with Crippen LogP contribution in [0.3, 0.4) is 0 Å². The van der Waals surface area contributed by atoms with Crippen LogP contribution >= 0.6 is 11.6 Å². The predicted molar refractivity (Wildman–Crippen MR) is 160 cm³/mol. The Kier molecular flexibility index (Phi) is 13.5. The smallest absolute Gasteiger partial charge is 0.417 e. The zero-order valence-corrected chi connectivity index (χ0v) is 24.6. The Balaban J connectivity index is 0.00000127. The van der Waals surface area contributed by atoms with Crippen molar-refractivity contribution in [1.29, 1.82) is 0 Å². The summed E-state index contributed by atoms with van der Waals surface area (Å²) in [7, 11) is 1.36. The molecule has 11 nitrogen and oxygen atoms in total. The number of amides is 1. The molecule has 2 saturated heterocycles. The number of methoxy groups -OCH3 is 1. The molecule has 2 aliphatic rings. The topological polar surface area (TPSA) is 126 Å². The number of carboxylic acids is 1. The fraction of sp³-hybridized carbons (Fsp3) is 0.517. The largest absolute Gasteiger partial charge is 0.490 e. The average molecular weight is 647 g/mol. The number of benzene rings is 2. The number of nitro benzene ring substituents is 1. The number of carboxylic acid groups (broad SMARTS) is 1. The predicted octanol–water partition coefficient (Wildman–Crippen LogP) is 5.58. The van der Waals surface area contributed by atoms with Crippen molar-refractivity contribution in [3.8, 4) is 11.5 Å². The highest BCUT2D eigenvalue weighted by molar-refractivity contribution is 6.31. The highest BCUT2D eigenvalue weighted by Crippen LogP contribution is 2.37. The third-order valence-corrected chi connectivity index (χ3v) is 7.41. The molecule has 1 amide bonds. The first-order valence-corrected chi connectivity index (χ1v) is 14.0. The zero-order valence-electron chi connectivity index (χ0n) is 23.8. The van der Waals surface area contributed by atoms with Crippen LogP contribution in [0.5, 0.6) is 11.5 Å². The van der Waals surface area contributed by atoms with E-state index in [0.717, 1.165) is 13.0 Å². The summed E-state index contributed by atoms with van der Waals surface area (Å²) in [5, 5.41) is 18.2. The number of ether oxygens (including phenoxy) is 2. The molecule has 0 saturated carbocycles. The van der Waals surface area contributed by atoms with E-state index < -0.39 is 22.6 Å². The number of nitro groups is 1. The molecule has 2 aliphatic heterocycles. The number of aliphatic carboxylic acids is 1. The fourth-order valence-corrected chi connectivity index (χ4v) is 5.09. The second-order valence-corrected chi connectivity index (χ2v) is 10.5. The molecule has 0 spiro atoms. The van der Waals surface area contributed by atoms with E-state index in [-0.39, 0.29) is 35.9 Å². The van der Waals surface area contributed by atoms with Crippen LogP contribution in [0.15, 0.2) is 36.4 Å². The van der Waals surface area contributed by atoms with Gasteiger partial charge >= 0.3 is 11.9 Å². The van der Waals surface area contributed by atoms with E-state index in [1.807, 2.05) is 9.80 Å². The minimum Gasteiger partial charge on any atom is -0.490 e. The first-order chi connectivity index (χ1) is 20.3. The maximum Gasteiger partial charge on any atom is 0.417 e. The van der Waals surface area contributed by atoms with Gasteiger partial charge in [-0.1, -0.05) is 19.0 Å². The molecule has 4 rings (SSSR count). The van der Waals surface area contributed by atoms with Crippen molar-refractivity contribution in [3.63, 3.8) is 0 Å². The lowest BCUT2D eigenvalue weighted by molar-refractivity contribution is -0.385. The standard InChI is InChI=1S/C26H30ClF3N4O5.C2H4O2.CH4/c1-38-24-17-20(3-5-23(24)34(36)37)39-19-6-10-33(11-7-19)25(35)8-9-31-12-14-32(15-13-31)18-2-4-22(27)21(16-18)26(28,29)30;1-2(3)4;/h2-5,16-17,19H,6-15H2,1H3;1H3,(H,3,4);1H4. The van der Waals surface area contributed by atoms with Gasteiger partial charge in [0, 0.05) is 89.8 Å². The minimum absolute atomic E-state index is 0. The third kappa shape index (κ3) is 10.4. The molecule has 0 aliphatic carbocycles. The molecule has 2 heterocycles. The molecule has 0 unspecified atom stereocenters. The number of piperidine rings is 1. The van der Waals surface area contributed by atoms with Crippen LogP contribution in [0.2, 0.25) is 5.02 Å². The summed E-state index contributed by atoms with van der Waals surface area (Å²) in [6, 6.07) is 8.36. The Hall–Kier alpha value is -3.78. The Morgan fingerprint density at radius 1 is 1.07 bits per heavy atom. The molecule has 244 valence electrons. The molecule has 0 radical (unpaired) electrons. The zero-order chi connectivity index (χ0) is 31.7. The lowest BCUT2D eigenvalue weighted by atomic mass is 10.1. The highest BCUT2D eigenvalue weighted by Gasteiger charge is 2.34. The molecule has 15 heteroatoms. The quantitative estimate of drug-likeness (QED) is 0.289. The van der Waals surface area contributed by atoms with Crippen LogP contribution < -0.4 is 14.4 Å². The van der Waals surface area contributed by atoms with Crippen LogP contribution in [0.1, 0.15) is 39.2 Å². The lowest BCUT2D eigenvalue weighted by Crippen LogP contribution is -2.48. The van der Waals surface area contributed by atoms with Crippen molar-refractivity contribution in [3.05, 3.63) is 57.1 Å². The van der Waals surface area contributed by atoms with Gasteiger partial charge in [0.15, 0.2) is 0 Å². The second kappa shape index (κ2) is 16.3. The van der Waals surface area contributed by atoms with E-state index >= 15 is 0 Å². The molecule has 44 heavy (non-hydrogen) atoms. The van der Waals surface area contributed by atoms with Crippen LogP contribution in [0.4, 0.5) is 24.5 Å². The molecule has 0 atom stereocenters. The maximum atomic E-state index is 13.2. The van der Waals surface area contributed by atoms with E-state index in [1.54, 1.807) is 12.1 Å². The van der Waals surface area contributed by atoms with Crippen molar-refractivity contribution < 1.29 is 42.3 Å². The number of hydrogen-bond acceptors (Lipinski definition) is 8. The number of piperazine rings is 1. The number of halogens is 4. The van der Waals surface area contributed by atoms with Crippen LogP contribution in [0, 0.1) is 10.1 Å². The van der Waals surface area contributed by atoms with E-state index in [9.17, 15) is 28.1 Å². The first kappa shape index (κ1) is 36.4. The third-order valence-electron chi connectivity index (χ3n) is 7.08. The normalized spacial score (nSPS) is 15.9. The van der Waals surface area contributed by atoms with Gasteiger partial charge in [-0.3, -0.25) is 24.6 Å². The number of carbonyl (C=O) groups excluding carboxylic acids is 1. The number of anilines is 1. The van der Waals surface area contributed by atoms with Crippen LogP contribution in [0.25, 0.3) is 0 Å². The van der Waals surface area contributed by atoms with Crippen molar-refractivity contribution in [2.24, 2.45) is 0 Å². The molecule has 0 aromatic heterocycles. The van der Waals surface area contributed by atoms with Gasteiger partial charge in [0.2, 0.25) is 11.7 Å². The molecule has 2 aromatic carbocycles. The van der Waals surface area contributed by atoms with E-state index in [4.69, 9.17) is 31.0 Å². The molecule has 1 N–H and O–H groups in total. The molecule has 2 fully saturated rings. The van der Waals surface area contributed by atoms with Crippen molar-refractivity contribution in [2.75, 3.05) is 57.8 Å². The highest BCUT2D eigenvalue weighted by atomic mass is 35.5. The summed E-state index contributed by atoms with van der Waals surface area (Å²) < 4.78 is 50.6. The lowest BCUT2D eigenvalue weighted by Gasteiger charge is -2.37. The summed E-state index contributed by atoms with van der Waals surface area (Å²) in [6.07, 6.45) is -2.97. The molecule has 2 aromatic rings. The number of rotatable bonds is 8. The van der Waals surface area contributed by atoms with Crippen molar-refractivity contribution >= 4 is 34.9 Å². The molecule has 0 bridgehead atoms. The number of alkyl halides is 3. The van der Waals surface area contributed by atoms with Gasteiger partial charge in [-0.15, -0.1) is 0 Å². The summed E-state index contributed by atoms with van der Waals surface area (Å²) in [5.74, 6) is -0.167. The Morgan fingerprint density at radius 3 is 2.23 bits per heavy atom. The number of carbonyl (C=O) groups is 2. The Labute approximate surface area is 259 Å². The van der Waals surface area contributed by atoms with Gasteiger partial charge < -0.3 is 24.4 Å². The Morgan fingerprint density at radius 2 is 1.68 bits per heavy atom. The van der Waals surface area contributed by atoms with Crippen LogP contribution in [-0.4, -0.2) is 90.7 Å². The van der Waals surface area contributed by atoms with Gasteiger partial charge in [0.25, 0.3) is 5.97 Å². The SMILES string of the molecule is C.CC(=O)O.COc1cc(OC2CCN(C(=O)CCN3CCN(c4ccc(Cl)c(C(F)(F)F)c4)CC3)CC2)ccc1[N+](=O)[O-]. The van der Waals surface area contributed by atoms with Gasteiger partial charge in [0.1, 0.15) is 11.9 Å². The summed E-state index contributed by atoms with van der Waals surface area (Å²) in [4.78, 5) is 38.2. The summed E-state index contributed by atoms with van der Waals surface area (Å²) in [5.41, 5.74) is -0.483. The maximum absolute atomic E-state index is 13.2. The van der Waals surface area contributed by atoms with Gasteiger partial charge in [0.05, 0.1) is 22.6 Å². The van der Waals surface area contributed by atoms with E-state index in [2.05, 4.69) is 4.90 Å². The van der Waals surface area contributed by atoms with Gasteiger partial charge in [-0.25, -0.2) is 0 Å². The average Bonchev–Trinajstić information content (AvgIpc) is 2.96. The molecular formula is C29H38ClF3N4O7. The van der Waals surface area contributed by atoms with E-state index in [0.29, 0.717) is 76.5 Å². The van der Waals surface area contributed by atoms with Crippen molar-refractivity contribution in [2.45, 2.75) is 45.9 Å². The van der Waals surface area contributed by atoms with Gasteiger partial charge in [-0.05, 0) is 24.3 Å². The summed E-state index contributed by atoms with van der Waals surface area (Å²) in [6.45, 7) is 5.18. The van der Waals surface area contributed by atoms with Gasteiger partial charge in [-0.2, -0.15) is 13.2 Å².